The smallest absolute Gasteiger partial charge is 0.120 e. The zero-order valence-electron chi connectivity index (χ0n) is 9.74. The molecule has 1 aromatic heterocycles. The van der Waals surface area contributed by atoms with Gasteiger partial charge in [0.15, 0.2) is 0 Å². The van der Waals surface area contributed by atoms with Gasteiger partial charge in [-0.2, -0.15) is 5.26 Å². The summed E-state index contributed by atoms with van der Waals surface area (Å²) in [5, 5.41) is 12.8. The van der Waals surface area contributed by atoms with Gasteiger partial charge in [-0.3, -0.25) is 0 Å². The van der Waals surface area contributed by atoms with Gasteiger partial charge in [-0.25, -0.2) is 0 Å². The zero-order valence-corrected chi connectivity index (χ0v) is 12.1. The van der Waals surface area contributed by atoms with E-state index in [-0.39, 0.29) is 0 Å². The Labute approximate surface area is 119 Å². The molecule has 92 valence electrons. The van der Waals surface area contributed by atoms with Crippen molar-refractivity contribution in [3.8, 4) is 6.07 Å². The Balaban J connectivity index is 2.07. The molecule has 18 heavy (non-hydrogen) atoms. The van der Waals surface area contributed by atoms with E-state index >= 15 is 0 Å². The molecule has 2 rings (SSSR count). The van der Waals surface area contributed by atoms with E-state index < -0.39 is 0 Å². The zero-order chi connectivity index (χ0) is 13.1. The highest BCUT2D eigenvalue weighted by Crippen LogP contribution is 2.25. The molecule has 2 aromatic rings. The van der Waals surface area contributed by atoms with Gasteiger partial charge in [0.1, 0.15) is 11.8 Å². The molecule has 5 heteroatoms. The van der Waals surface area contributed by atoms with Crippen LogP contribution in [-0.2, 0) is 13.6 Å². The fourth-order valence-corrected chi connectivity index (χ4v) is 2.08. The number of nitrogens with one attached hydrogen (secondary N) is 1. The van der Waals surface area contributed by atoms with Gasteiger partial charge in [0.25, 0.3) is 0 Å². The largest absolute Gasteiger partial charge is 0.381 e. The minimum atomic E-state index is 0.653. The summed E-state index contributed by atoms with van der Waals surface area (Å²) in [6.07, 6.45) is 1.94. The van der Waals surface area contributed by atoms with Crippen molar-refractivity contribution < 1.29 is 0 Å². The molecular weight excluding hydrogens is 314 g/mol. The molecule has 1 heterocycles. The number of rotatable bonds is 3. The molecule has 0 radical (unpaired) electrons. The molecule has 0 bridgehead atoms. The summed E-state index contributed by atoms with van der Waals surface area (Å²) in [4.78, 5) is 0. The monoisotopic (exact) mass is 323 g/mol. The van der Waals surface area contributed by atoms with E-state index in [1.807, 2.05) is 42.1 Å². The topological polar surface area (TPSA) is 40.8 Å². The summed E-state index contributed by atoms with van der Waals surface area (Å²) >= 11 is 9.36. The molecule has 0 unspecified atom stereocenters. The van der Waals surface area contributed by atoms with Crippen LogP contribution in [0.5, 0.6) is 0 Å². The number of hydrogen-bond donors (Lipinski definition) is 1. The van der Waals surface area contributed by atoms with Crippen LogP contribution in [0.3, 0.4) is 0 Å². The third-order valence-electron chi connectivity index (χ3n) is 2.59. The Morgan fingerprint density at radius 3 is 2.83 bits per heavy atom. The maximum absolute atomic E-state index is 8.87. The fraction of sp³-hybridized carbons (Fsp3) is 0.154. The van der Waals surface area contributed by atoms with Crippen LogP contribution < -0.4 is 5.32 Å². The van der Waals surface area contributed by atoms with Crippen LogP contribution in [0.15, 0.2) is 34.9 Å². The summed E-state index contributed by atoms with van der Waals surface area (Å²) in [5.74, 6) is 0. The van der Waals surface area contributed by atoms with Gasteiger partial charge >= 0.3 is 0 Å². The average Bonchev–Trinajstić information content (AvgIpc) is 2.71. The minimum absolute atomic E-state index is 0.653. The predicted molar refractivity (Wildman–Crippen MR) is 76.6 cm³/mol. The van der Waals surface area contributed by atoms with Crippen molar-refractivity contribution in [3.63, 3.8) is 0 Å². The summed E-state index contributed by atoms with van der Waals surface area (Å²) in [5.41, 5.74) is 2.67. The summed E-state index contributed by atoms with van der Waals surface area (Å²) in [7, 11) is 1.86. The van der Waals surface area contributed by atoms with Crippen molar-refractivity contribution in [1.82, 2.24) is 4.57 Å². The fourth-order valence-electron chi connectivity index (χ4n) is 1.65. The molecule has 0 aliphatic carbocycles. The van der Waals surface area contributed by atoms with Crippen molar-refractivity contribution in [2.75, 3.05) is 5.32 Å². The van der Waals surface area contributed by atoms with Crippen LogP contribution in [-0.4, -0.2) is 4.57 Å². The van der Waals surface area contributed by atoms with Gasteiger partial charge < -0.3 is 9.88 Å². The molecule has 3 nitrogen and oxygen atoms in total. The van der Waals surface area contributed by atoms with Gasteiger partial charge in [0, 0.05) is 29.9 Å². The summed E-state index contributed by atoms with van der Waals surface area (Å²) < 4.78 is 2.69. The third kappa shape index (κ3) is 2.87. The number of anilines is 1. The second kappa shape index (κ2) is 5.47. The van der Waals surface area contributed by atoms with E-state index in [2.05, 4.69) is 27.3 Å². The number of aromatic nitrogens is 1. The van der Waals surface area contributed by atoms with E-state index in [9.17, 15) is 0 Å². The lowest BCUT2D eigenvalue weighted by atomic mass is 10.3. The SMILES string of the molecule is Cn1cc(CNc2ccc(Br)c(Cl)c2)cc1C#N. The van der Waals surface area contributed by atoms with Crippen LogP contribution in [0.4, 0.5) is 5.69 Å². The highest BCUT2D eigenvalue weighted by Gasteiger charge is 2.03. The number of nitrogens with zero attached hydrogens (tertiary/aromatic N) is 2. The number of nitriles is 1. The quantitative estimate of drug-likeness (QED) is 0.929. The molecule has 0 aliphatic rings. The van der Waals surface area contributed by atoms with E-state index in [1.165, 1.54) is 0 Å². The lowest BCUT2D eigenvalue weighted by molar-refractivity contribution is 0.902. The first kappa shape index (κ1) is 13.0. The first-order valence-electron chi connectivity index (χ1n) is 5.34. The second-order valence-electron chi connectivity index (χ2n) is 3.94. The maximum atomic E-state index is 8.87. The number of halogens is 2. The molecule has 0 saturated heterocycles. The Bertz CT molecular complexity index is 613. The van der Waals surface area contributed by atoms with E-state index in [0.29, 0.717) is 17.3 Å². The third-order valence-corrected chi connectivity index (χ3v) is 3.82. The van der Waals surface area contributed by atoms with Crippen LogP contribution in [0.1, 0.15) is 11.3 Å². The van der Waals surface area contributed by atoms with Crippen molar-refractivity contribution in [2.24, 2.45) is 7.05 Å². The summed E-state index contributed by atoms with van der Waals surface area (Å²) in [6, 6.07) is 9.72. The van der Waals surface area contributed by atoms with Crippen LogP contribution in [0.2, 0.25) is 5.02 Å². The highest BCUT2D eigenvalue weighted by atomic mass is 79.9. The molecule has 1 aromatic carbocycles. The molecule has 0 saturated carbocycles. The normalized spacial score (nSPS) is 10.1. The maximum Gasteiger partial charge on any atom is 0.120 e. The first-order valence-corrected chi connectivity index (χ1v) is 6.51. The average molecular weight is 325 g/mol. The molecule has 0 amide bonds. The molecule has 0 spiro atoms. The van der Waals surface area contributed by atoms with Gasteiger partial charge in [-0.05, 0) is 45.8 Å². The Kier molecular flexibility index (Phi) is 3.95. The van der Waals surface area contributed by atoms with Crippen molar-refractivity contribution in [1.29, 1.82) is 5.26 Å². The Hall–Kier alpha value is -1.44. The Morgan fingerprint density at radius 2 is 2.22 bits per heavy atom. The standard InChI is InChI=1S/C13H11BrClN3/c1-18-8-9(4-11(18)6-16)7-17-10-2-3-12(14)13(15)5-10/h2-5,8,17H,7H2,1H3. The van der Waals surface area contributed by atoms with E-state index in [1.54, 1.807) is 0 Å². The Morgan fingerprint density at radius 1 is 1.44 bits per heavy atom. The number of aryl methyl sites for hydroxylation is 1. The minimum Gasteiger partial charge on any atom is -0.381 e. The van der Waals surface area contributed by atoms with Gasteiger partial charge in [-0.1, -0.05) is 11.6 Å². The second-order valence-corrected chi connectivity index (χ2v) is 5.20. The van der Waals surface area contributed by atoms with Gasteiger partial charge in [-0.15, -0.1) is 0 Å². The molecule has 0 aliphatic heterocycles. The van der Waals surface area contributed by atoms with Gasteiger partial charge in [0.2, 0.25) is 0 Å². The van der Waals surface area contributed by atoms with Gasteiger partial charge in [0.05, 0.1) is 5.02 Å². The lowest BCUT2D eigenvalue weighted by Crippen LogP contribution is -1.98. The predicted octanol–water partition coefficient (Wildman–Crippen LogP) is 3.92. The highest BCUT2D eigenvalue weighted by molar-refractivity contribution is 9.10. The van der Waals surface area contributed by atoms with Crippen molar-refractivity contribution in [2.45, 2.75) is 6.54 Å². The summed E-state index contributed by atoms with van der Waals surface area (Å²) in [6.45, 7) is 0.660. The molecule has 0 atom stereocenters. The van der Waals surface area contributed by atoms with Crippen LogP contribution in [0, 0.1) is 11.3 Å². The first-order chi connectivity index (χ1) is 8.60. The number of hydrogen-bond acceptors (Lipinski definition) is 2. The number of benzene rings is 1. The van der Waals surface area contributed by atoms with Crippen LogP contribution in [0.25, 0.3) is 0 Å². The molecular formula is C13H11BrClN3. The van der Waals surface area contributed by atoms with E-state index in [4.69, 9.17) is 16.9 Å². The van der Waals surface area contributed by atoms with E-state index in [0.717, 1.165) is 15.7 Å². The molecule has 1 N–H and O–H groups in total. The molecule has 0 fully saturated rings. The van der Waals surface area contributed by atoms with Crippen molar-refractivity contribution in [3.05, 3.63) is 51.2 Å². The van der Waals surface area contributed by atoms with Crippen molar-refractivity contribution >= 4 is 33.2 Å². The van der Waals surface area contributed by atoms with Crippen LogP contribution >= 0.6 is 27.5 Å². The lowest BCUT2D eigenvalue weighted by Gasteiger charge is -2.06.